The smallest absolute Gasteiger partial charge is 0.0763 e. The summed E-state index contributed by atoms with van der Waals surface area (Å²) in [7, 11) is 0. The largest absolute Gasteiger partial charge is 0.256 e. The van der Waals surface area contributed by atoms with Gasteiger partial charge in [0.15, 0.2) is 0 Å². The fraction of sp³-hybridized carbons (Fsp3) is 0. The molecule has 0 saturated carbocycles. The number of pyridine rings is 1. The molecule has 0 saturated heterocycles. The van der Waals surface area contributed by atoms with Gasteiger partial charge in [-0.1, -0.05) is 36.4 Å². The molecule has 1 nitrogen and oxygen atoms in total. The fourth-order valence-corrected chi connectivity index (χ4v) is 1.95. The Bertz CT molecular complexity index is 448. The number of benzene rings is 1. The first-order valence-corrected chi connectivity index (χ1v) is 5.78. The van der Waals surface area contributed by atoms with Crippen molar-refractivity contribution >= 4 is 32.2 Å². The molecule has 0 radical (unpaired) electrons. The Labute approximate surface area is 103 Å². The van der Waals surface area contributed by atoms with Crippen LogP contribution in [-0.4, -0.2) is 4.98 Å². The van der Waals surface area contributed by atoms with Gasteiger partial charge in [0.25, 0.3) is 0 Å². The van der Waals surface area contributed by atoms with Crippen LogP contribution >= 0.6 is 22.6 Å². The van der Waals surface area contributed by atoms with E-state index in [4.69, 9.17) is 0 Å². The van der Waals surface area contributed by atoms with Gasteiger partial charge in [0.05, 0.1) is 5.69 Å². The minimum atomic E-state index is 1.02. The van der Waals surface area contributed by atoms with Crippen molar-refractivity contribution in [2.45, 2.75) is 0 Å². The highest BCUT2D eigenvalue weighted by Gasteiger charge is 1.97. The number of aromatic nitrogens is 1. The van der Waals surface area contributed by atoms with Gasteiger partial charge in [-0.15, -0.1) is 0 Å². The quantitative estimate of drug-likeness (QED) is 0.764. The van der Waals surface area contributed by atoms with Crippen LogP contribution in [0.5, 0.6) is 0 Å². The van der Waals surface area contributed by atoms with Gasteiger partial charge in [-0.25, -0.2) is 0 Å². The maximum absolute atomic E-state index is 4.30. The average molecular weight is 307 g/mol. The second-order valence-corrected chi connectivity index (χ2v) is 4.28. The third-order valence-corrected chi connectivity index (χ3v) is 2.87. The van der Waals surface area contributed by atoms with Gasteiger partial charge in [-0.05, 0) is 46.4 Å². The summed E-state index contributed by atoms with van der Waals surface area (Å²) in [5, 5.41) is 0. The Hall–Kier alpha value is -1.16. The SMILES string of the molecule is I/C(=C\c1ccccc1)c1ccccn1. The summed E-state index contributed by atoms with van der Waals surface area (Å²) in [4.78, 5) is 4.30. The van der Waals surface area contributed by atoms with E-state index in [0.29, 0.717) is 0 Å². The molecule has 0 spiro atoms. The van der Waals surface area contributed by atoms with Crippen molar-refractivity contribution in [2.75, 3.05) is 0 Å². The lowest BCUT2D eigenvalue weighted by Crippen LogP contribution is -1.81. The topological polar surface area (TPSA) is 12.9 Å². The van der Waals surface area contributed by atoms with E-state index in [2.05, 4.69) is 45.8 Å². The number of hydrogen-bond acceptors (Lipinski definition) is 1. The number of hydrogen-bond donors (Lipinski definition) is 0. The molecule has 0 N–H and O–H groups in total. The molecule has 0 fully saturated rings. The summed E-state index contributed by atoms with van der Waals surface area (Å²) >= 11 is 2.31. The van der Waals surface area contributed by atoms with Crippen LogP contribution in [0.3, 0.4) is 0 Å². The van der Waals surface area contributed by atoms with Crippen LogP contribution in [-0.2, 0) is 0 Å². The molecule has 0 unspecified atom stereocenters. The summed E-state index contributed by atoms with van der Waals surface area (Å²) in [5.74, 6) is 0. The summed E-state index contributed by atoms with van der Waals surface area (Å²) < 4.78 is 1.15. The van der Waals surface area contributed by atoms with E-state index < -0.39 is 0 Å². The van der Waals surface area contributed by atoms with Gasteiger partial charge in [0.2, 0.25) is 0 Å². The maximum atomic E-state index is 4.30. The van der Waals surface area contributed by atoms with E-state index in [0.717, 1.165) is 9.27 Å². The summed E-state index contributed by atoms with van der Waals surface area (Å²) in [6, 6.07) is 16.2. The first-order valence-electron chi connectivity index (χ1n) is 4.70. The molecule has 0 bridgehead atoms. The van der Waals surface area contributed by atoms with Crippen LogP contribution in [0.25, 0.3) is 9.66 Å². The van der Waals surface area contributed by atoms with Gasteiger partial charge >= 0.3 is 0 Å². The monoisotopic (exact) mass is 307 g/mol. The van der Waals surface area contributed by atoms with E-state index in [1.807, 2.05) is 42.6 Å². The molecule has 15 heavy (non-hydrogen) atoms. The fourth-order valence-electron chi connectivity index (χ4n) is 1.27. The number of nitrogens with zero attached hydrogens (tertiary/aromatic N) is 1. The Morgan fingerprint density at radius 1 is 1.00 bits per heavy atom. The van der Waals surface area contributed by atoms with E-state index in [9.17, 15) is 0 Å². The normalized spacial score (nSPS) is 11.4. The highest BCUT2D eigenvalue weighted by atomic mass is 127. The molecule has 0 aliphatic carbocycles. The van der Waals surface area contributed by atoms with Gasteiger partial charge in [0, 0.05) is 9.78 Å². The molecule has 74 valence electrons. The van der Waals surface area contributed by atoms with Crippen LogP contribution in [0.2, 0.25) is 0 Å². The molecule has 0 aliphatic heterocycles. The lowest BCUT2D eigenvalue weighted by molar-refractivity contribution is 1.30. The molecule has 2 heteroatoms. The van der Waals surface area contributed by atoms with Crippen LogP contribution < -0.4 is 0 Å². The molecule has 1 heterocycles. The standard InChI is InChI=1S/C13H10IN/c14-12(13-8-4-5-9-15-13)10-11-6-2-1-3-7-11/h1-10H/b12-10-. The Morgan fingerprint density at radius 3 is 2.40 bits per heavy atom. The van der Waals surface area contributed by atoms with E-state index in [1.54, 1.807) is 0 Å². The molecular formula is C13H10IN. The Morgan fingerprint density at radius 2 is 1.73 bits per heavy atom. The molecule has 2 rings (SSSR count). The second kappa shape index (κ2) is 5.07. The Balaban J connectivity index is 2.29. The zero-order valence-electron chi connectivity index (χ0n) is 8.10. The molecule has 0 atom stereocenters. The molecule has 1 aromatic carbocycles. The summed E-state index contributed by atoms with van der Waals surface area (Å²) in [5.41, 5.74) is 2.22. The zero-order chi connectivity index (χ0) is 10.5. The Kier molecular flexibility index (Phi) is 3.50. The van der Waals surface area contributed by atoms with Crippen molar-refractivity contribution in [3.8, 4) is 0 Å². The van der Waals surface area contributed by atoms with Crippen molar-refractivity contribution in [3.63, 3.8) is 0 Å². The molecule has 0 amide bonds. The number of rotatable bonds is 2. The van der Waals surface area contributed by atoms with Crippen molar-refractivity contribution in [2.24, 2.45) is 0 Å². The lowest BCUT2D eigenvalue weighted by Gasteiger charge is -1.98. The minimum absolute atomic E-state index is 1.02. The predicted molar refractivity (Wildman–Crippen MR) is 72.6 cm³/mol. The van der Waals surface area contributed by atoms with E-state index >= 15 is 0 Å². The van der Waals surface area contributed by atoms with Gasteiger partial charge in [-0.3, -0.25) is 4.98 Å². The minimum Gasteiger partial charge on any atom is -0.256 e. The molecule has 1 aromatic heterocycles. The highest BCUT2D eigenvalue weighted by molar-refractivity contribution is 14.1. The van der Waals surface area contributed by atoms with Crippen LogP contribution in [0.4, 0.5) is 0 Å². The van der Waals surface area contributed by atoms with Crippen molar-refractivity contribution in [3.05, 3.63) is 66.0 Å². The highest BCUT2D eigenvalue weighted by Crippen LogP contribution is 2.22. The third kappa shape index (κ3) is 2.89. The van der Waals surface area contributed by atoms with Crippen molar-refractivity contribution < 1.29 is 0 Å². The van der Waals surface area contributed by atoms with Gasteiger partial charge in [-0.2, -0.15) is 0 Å². The molecule has 2 aromatic rings. The summed E-state index contributed by atoms with van der Waals surface area (Å²) in [6.07, 6.45) is 3.94. The first kappa shape index (κ1) is 10.4. The number of halogens is 1. The maximum Gasteiger partial charge on any atom is 0.0763 e. The second-order valence-electron chi connectivity index (χ2n) is 3.12. The van der Waals surface area contributed by atoms with Gasteiger partial charge in [0.1, 0.15) is 0 Å². The zero-order valence-corrected chi connectivity index (χ0v) is 10.3. The average Bonchev–Trinajstić information content (AvgIpc) is 2.31. The predicted octanol–water partition coefficient (Wildman–Crippen LogP) is 4.01. The van der Waals surface area contributed by atoms with Crippen LogP contribution in [0.15, 0.2) is 54.7 Å². The van der Waals surface area contributed by atoms with E-state index in [-0.39, 0.29) is 0 Å². The first-order chi connectivity index (χ1) is 7.36. The van der Waals surface area contributed by atoms with Crippen LogP contribution in [0.1, 0.15) is 11.3 Å². The third-order valence-electron chi connectivity index (χ3n) is 2.00. The van der Waals surface area contributed by atoms with E-state index in [1.165, 1.54) is 5.56 Å². The van der Waals surface area contributed by atoms with Crippen molar-refractivity contribution in [1.82, 2.24) is 4.98 Å². The molecule has 0 aliphatic rings. The summed E-state index contributed by atoms with van der Waals surface area (Å²) in [6.45, 7) is 0. The van der Waals surface area contributed by atoms with Crippen molar-refractivity contribution in [1.29, 1.82) is 0 Å². The van der Waals surface area contributed by atoms with Crippen LogP contribution in [0, 0.1) is 0 Å². The lowest BCUT2D eigenvalue weighted by atomic mass is 10.2. The van der Waals surface area contributed by atoms with Gasteiger partial charge < -0.3 is 0 Å². The molecular weight excluding hydrogens is 297 g/mol.